The van der Waals surface area contributed by atoms with E-state index in [-0.39, 0.29) is 4.90 Å². The van der Waals surface area contributed by atoms with Crippen LogP contribution in [0.15, 0.2) is 39.9 Å². The largest absolute Gasteiger partial charge is 0.361 e. The summed E-state index contributed by atoms with van der Waals surface area (Å²) in [5, 5.41) is 4.87. The zero-order chi connectivity index (χ0) is 17.1. The SMILES string of the molecule is Cc1noc(C)c1-c1cnc2c(c1)[nH]c1cc(S(C)(=O)=O)ccc12. The van der Waals surface area contributed by atoms with Gasteiger partial charge in [0.05, 0.1) is 21.6 Å². The maximum absolute atomic E-state index is 11.7. The Labute approximate surface area is 138 Å². The van der Waals surface area contributed by atoms with Crippen LogP contribution in [0.25, 0.3) is 33.1 Å². The van der Waals surface area contributed by atoms with E-state index in [1.807, 2.05) is 19.9 Å². The van der Waals surface area contributed by atoms with E-state index >= 15 is 0 Å². The second kappa shape index (κ2) is 4.91. The van der Waals surface area contributed by atoms with Crippen molar-refractivity contribution in [2.24, 2.45) is 0 Å². The highest BCUT2D eigenvalue weighted by molar-refractivity contribution is 7.90. The number of hydrogen-bond acceptors (Lipinski definition) is 5. The Morgan fingerprint density at radius 3 is 2.58 bits per heavy atom. The van der Waals surface area contributed by atoms with Crippen LogP contribution >= 0.6 is 0 Å². The molecule has 0 amide bonds. The lowest BCUT2D eigenvalue weighted by Gasteiger charge is -2.00. The molecule has 0 atom stereocenters. The highest BCUT2D eigenvalue weighted by Crippen LogP contribution is 2.31. The topological polar surface area (TPSA) is 88.8 Å². The number of aromatic amines is 1. The molecular formula is C17H15N3O3S. The Hall–Kier alpha value is -2.67. The maximum atomic E-state index is 11.7. The number of aromatic nitrogens is 3. The van der Waals surface area contributed by atoms with Crippen LogP contribution < -0.4 is 0 Å². The smallest absolute Gasteiger partial charge is 0.175 e. The molecule has 122 valence electrons. The highest BCUT2D eigenvalue weighted by atomic mass is 32.2. The summed E-state index contributed by atoms with van der Waals surface area (Å²) in [4.78, 5) is 8.09. The lowest BCUT2D eigenvalue weighted by atomic mass is 10.1. The quantitative estimate of drug-likeness (QED) is 0.604. The first-order chi connectivity index (χ1) is 11.3. The average Bonchev–Trinajstić information content (AvgIpc) is 3.04. The molecule has 0 aliphatic heterocycles. The van der Waals surface area contributed by atoms with E-state index < -0.39 is 9.84 Å². The Kier molecular flexibility index (Phi) is 3.05. The molecule has 1 aromatic carbocycles. The molecule has 0 unspecified atom stereocenters. The predicted octanol–water partition coefficient (Wildman–Crippen LogP) is 3.39. The number of sulfone groups is 1. The van der Waals surface area contributed by atoms with Gasteiger partial charge in [-0.05, 0) is 38.1 Å². The zero-order valence-electron chi connectivity index (χ0n) is 13.4. The average molecular weight is 341 g/mol. The summed E-state index contributed by atoms with van der Waals surface area (Å²) in [6.07, 6.45) is 2.98. The second-order valence-corrected chi connectivity index (χ2v) is 7.94. The molecule has 3 heterocycles. The van der Waals surface area contributed by atoms with Crippen molar-refractivity contribution in [1.82, 2.24) is 15.1 Å². The third-order valence-corrected chi connectivity index (χ3v) is 5.26. The van der Waals surface area contributed by atoms with Gasteiger partial charge in [0.2, 0.25) is 0 Å². The monoisotopic (exact) mass is 341 g/mol. The normalized spacial score (nSPS) is 12.3. The van der Waals surface area contributed by atoms with E-state index in [4.69, 9.17) is 4.52 Å². The number of rotatable bonds is 2. The van der Waals surface area contributed by atoms with Gasteiger partial charge in [-0.15, -0.1) is 0 Å². The van der Waals surface area contributed by atoms with Crippen LogP contribution in [-0.2, 0) is 9.84 Å². The summed E-state index contributed by atoms with van der Waals surface area (Å²) in [6, 6.07) is 7.01. The second-order valence-electron chi connectivity index (χ2n) is 5.92. The fraction of sp³-hybridized carbons (Fsp3) is 0.176. The van der Waals surface area contributed by atoms with E-state index in [9.17, 15) is 8.42 Å². The third kappa shape index (κ3) is 2.20. The highest BCUT2D eigenvalue weighted by Gasteiger charge is 2.15. The van der Waals surface area contributed by atoms with Crippen molar-refractivity contribution in [2.75, 3.05) is 6.26 Å². The first-order valence-electron chi connectivity index (χ1n) is 7.39. The number of H-pyrrole nitrogens is 1. The van der Waals surface area contributed by atoms with E-state index in [1.54, 1.807) is 24.4 Å². The van der Waals surface area contributed by atoms with Gasteiger partial charge in [-0.2, -0.15) is 0 Å². The summed E-state index contributed by atoms with van der Waals surface area (Å²) >= 11 is 0. The standard InChI is InChI=1S/C17H15N3O3S/c1-9-16(10(2)23-20-9)11-6-15-17(18-8-11)13-5-4-12(24(3,21)22)7-14(13)19-15/h4-8,19H,1-3H3. The van der Waals surface area contributed by atoms with Crippen LogP contribution in [0.5, 0.6) is 0 Å². The maximum Gasteiger partial charge on any atom is 0.175 e. The van der Waals surface area contributed by atoms with Crippen molar-refractivity contribution < 1.29 is 12.9 Å². The first-order valence-corrected chi connectivity index (χ1v) is 9.28. The van der Waals surface area contributed by atoms with E-state index in [2.05, 4.69) is 15.1 Å². The van der Waals surface area contributed by atoms with E-state index in [0.717, 1.165) is 44.5 Å². The first kappa shape index (κ1) is 14.9. The van der Waals surface area contributed by atoms with Gasteiger partial charge >= 0.3 is 0 Å². The fourth-order valence-electron chi connectivity index (χ4n) is 3.02. The van der Waals surface area contributed by atoms with Crippen LogP contribution in [0.2, 0.25) is 0 Å². The lowest BCUT2D eigenvalue weighted by Crippen LogP contribution is -1.96. The Morgan fingerprint density at radius 1 is 1.12 bits per heavy atom. The summed E-state index contributed by atoms with van der Waals surface area (Å²) in [5.41, 5.74) is 5.04. The number of fused-ring (bicyclic) bond motifs is 3. The van der Waals surface area contributed by atoms with Gasteiger partial charge in [-0.3, -0.25) is 4.98 Å². The zero-order valence-corrected chi connectivity index (χ0v) is 14.2. The summed E-state index contributed by atoms with van der Waals surface area (Å²) in [7, 11) is -3.25. The molecule has 0 saturated carbocycles. The van der Waals surface area contributed by atoms with Crippen molar-refractivity contribution in [1.29, 1.82) is 0 Å². The van der Waals surface area contributed by atoms with Crippen LogP contribution in [0.3, 0.4) is 0 Å². The van der Waals surface area contributed by atoms with Crippen molar-refractivity contribution in [3.63, 3.8) is 0 Å². The molecule has 0 spiro atoms. The number of benzene rings is 1. The Balaban J connectivity index is 1.96. The van der Waals surface area contributed by atoms with Gasteiger partial charge in [-0.25, -0.2) is 8.42 Å². The Bertz CT molecular complexity index is 1180. The number of nitrogens with one attached hydrogen (secondary N) is 1. The molecule has 4 aromatic rings. The van der Waals surface area contributed by atoms with Gasteiger partial charge in [0.1, 0.15) is 5.76 Å². The summed E-state index contributed by atoms with van der Waals surface area (Å²) in [5.74, 6) is 0.740. The van der Waals surface area contributed by atoms with E-state index in [1.165, 1.54) is 6.26 Å². The molecule has 0 fully saturated rings. The summed E-state index contributed by atoms with van der Waals surface area (Å²) < 4.78 is 28.7. The molecule has 0 radical (unpaired) electrons. The van der Waals surface area contributed by atoms with Crippen molar-refractivity contribution in [2.45, 2.75) is 18.7 Å². The lowest BCUT2D eigenvalue weighted by molar-refractivity contribution is 0.393. The van der Waals surface area contributed by atoms with Crippen molar-refractivity contribution in [3.05, 3.63) is 41.9 Å². The molecule has 4 rings (SSSR count). The Morgan fingerprint density at radius 2 is 1.92 bits per heavy atom. The van der Waals surface area contributed by atoms with Gasteiger partial charge in [0.25, 0.3) is 0 Å². The third-order valence-electron chi connectivity index (χ3n) is 4.15. The van der Waals surface area contributed by atoms with Crippen LogP contribution in [0.4, 0.5) is 0 Å². The molecule has 6 nitrogen and oxygen atoms in total. The number of pyridine rings is 1. The molecule has 3 aromatic heterocycles. The van der Waals surface area contributed by atoms with Crippen LogP contribution in [-0.4, -0.2) is 29.8 Å². The minimum atomic E-state index is -3.25. The molecule has 1 N–H and O–H groups in total. The van der Waals surface area contributed by atoms with Gasteiger partial charge in [-0.1, -0.05) is 5.16 Å². The van der Waals surface area contributed by atoms with Crippen LogP contribution in [0, 0.1) is 13.8 Å². The molecule has 0 aliphatic rings. The molecule has 24 heavy (non-hydrogen) atoms. The number of nitrogens with zero attached hydrogens (tertiary/aromatic N) is 2. The summed E-state index contributed by atoms with van der Waals surface area (Å²) in [6.45, 7) is 3.75. The number of aryl methyl sites for hydroxylation is 2. The van der Waals surface area contributed by atoms with Gasteiger partial charge < -0.3 is 9.51 Å². The van der Waals surface area contributed by atoms with Gasteiger partial charge in [0, 0.05) is 34.5 Å². The van der Waals surface area contributed by atoms with E-state index in [0.29, 0.717) is 0 Å². The minimum Gasteiger partial charge on any atom is -0.361 e. The molecular weight excluding hydrogens is 326 g/mol. The number of hydrogen-bond donors (Lipinski definition) is 1. The molecule has 0 aliphatic carbocycles. The minimum absolute atomic E-state index is 0.285. The van der Waals surface area contributed by atoms with Gasteiger partial charge in [0.15, 0.2) is 9.84 Å². The fourth-order valence-corrected chi connectivity index (χ4v) is 3.66. The predicted molar refractivity (Wildman–Crippen MR) is 91.7 cm³/mol. The molecule has 0 saturated heterocycles. The van der Waals surface area contributed by atoms with Crippen molar-refractivity contribution in [3.8, 4) is 11.1 Å². The van der Waals surface area contributed by atoms with Crippen LogP contribution in [0.1, 0.15) is 11.5 Å². The van der Waals surface area contributed by atoms with Crippen molar-refractivity contribution >= 4 is 31.8 Å². The molecule has 7 heteroatoms. The molecule has 0 bridgehead atoms.